The van der Waals surface area contributed by atoms with Crippen LogP contribution >= 0.6 is 0 Å². The van der Waals surface area contributed by atoms with E-state index < -0.39 is 0 Å². The topological polar surface area (TPSA) is 34.1 Å². The normalized spacial score (nSPS) is 8.82. The van der Waals surface area contributed by atoms with Crippen molar-refractivity contribution < 1.29 is 9.59 Å². The second-order valence-corrected chi connectivity index (χ2v) is 3.82. The summed E-state index contributed by atoms with van der Waals surface area (Å²) in [6.07, 6.45) is 0.250. The Balaban J connectivity index is 0.000000437. The lowest BCUT2D eigenvalue weighted by Crippen LogP contribution is -1.78. The Morgan fingerprint density at radius 2 is 0.882 bits per heavy atom. The van der Waals surface area contributed by atoms with Gasteiger partial charge in [0.15, 0.2) is 0 Å². The summed E-state index contributed by atoms with van der Waals surface area (Å²) in [5.41, 5.74) is 5.19. The van der Waals surface area contributed by atoms with Crippen LogP contribution in [-0.4, -0.2) is 6.15 Å². The van der Waals surface area contributed by atoms with Gasteiger partial charge < -0.3 is 0 Å². The number of carbonyl (C=O) groups excluding carboxylic acids is 2. The van der Waals surface area contributed by atoms with Crippen LogP contribution in [0.25, 0.3) is 11.1 Å². The molecule has 2 rings (SSSR count). The zero-order chi connectivity index (χ0) is 12.7. The summed E-state index contributed by atoms with van der Waals surface area (Å²) in [5.74, 6) is 0. The van der Waals surface area contributed by atoms with E-state index in [1.54, 1.807) is 0 Å². The lowest BCUT2D eigenvalue weighted by Gasteiger charge is -2.02. The fraction of sp³-hybridized carbons (Fsp3) is 0.133. The minimum atomic E-state index is 0.250. The van der Waals surface area contributed by atoms with Gasteiger partial charge >= 0.3 is 6.15 Å². The summed E-state index contributed by atoms with van der Waals surface area (Å²) in [7, 11) is 0. The smallest absolute Gasteiger partial charge is 0.186 e. The second-order valence-electron chi connectivity index (χ2n) is 3.82. The Morgan fingerprint density at radius 1 is 0.647 bits per heavy atom. The summed E-state index contributed by atoms with van der Waals surface area (Å²) in [6, 6.07) is 17.3. The molecule has 2 heteroatoms. The molecule has 0 saturated heterocycles. The monoisotopic (exact) mass is 226 g/mol. The molecule has 0 saturated carbocycles. The molecular weight excluding hydrogens is 212 g/mol. The maximum Gasteiger partial charge on any atom is 0.373 e. The molecule has 0 atom stereocenters. The molecule has 0 spiro atoms. The van der Waals surface area contributed by atoms with Crippen LogP contribution in [0, 0.1) is 13.8 Å². The third-order valence-electron chi connectivity index (χ3n) is 2.44. The van der Waals surface area contributed by atoms with E-state index in [9.17, 15) is 0 Å². The van der Waals surface area contributed by atoms with Gasteiger partial charge in [0.05, 0.1) is 0 Å². The van der Waals surface area contributed by atoms with Gasteiger partial charge in [-0.15, -0.1) is 0 Å². The zero-order valence-electron chi connectivity index (χ0n) is 9.94. The van der Waals surface area contributed by atoms with Crippen molar-refractivity contribution in [2.45, 2.75) is 13.8 Å². The van der Waals surface area contributed by atoms with Crippen molar-refractivity contribution in [3.05, 3.63) is 59.7 Å². The maximum atomic E-state index is 8.12. The third kappa shape index (κ3) is 4.06. The van der Waals surface area contributed by atoms with E-state index in [0.29, 0.717) is 0 Å². The van der Waals surface area contributed by atoms with Crippen LogP contribution in [-0.2, 0) is 9.59 Å². The first-order chi connectivity index (χ1) is 8.17. The van der Waals surface area contributed by atoms with E-state index in [4.69, 9.17) is 9.59 Å². The highest BCUT2D eigenvalue weighted by Gasteiger charge is 1.95. The highest BCUT2D eigenvalue weighted by molar-refractivity contribution is 5.63. The molecule has 0 radical (unpaired) electrons. The van der Waals surface area contributed by atoms with Crippen molar-refractivity contribution in [3.63, 3.8) is 0 Å². The largest absolute Gasteiger partial charge is 0.373 e. The van der Waals surface area contributed by atoms with Gasteiger partial charge in [-0.3, -0.25) is 0 Å². The SMILES string of the molecule is Cc1ccc(-c2ccc(C)cc2)cc1.O=C=O. The Labute approximate surface area is 101 Å². The molecule has 0 aliphatic heterocycles. The quantitative estimate of drug-likeness (QED) is 0.747. The average molecular weight is 226 g/mol. The van der Waals surface area contributed by atoms with Crippen molar-refractivity contribution in [3.8, 4) is 11.1 Å². The molecule has 0 aromatic heterocycles. The van der Waals surface area contributed by atoms with Gasteiger partial charge in [-0.05, 0) is 25.0 Å². The molecule has 0 heterocycles. The minimum absolute atomic E-state index is 0.250. The van der Waals surface area contributed by atoms with Crippen LogP contribution in [0.4, 0.5) is 0 Å². The van der Waals surface area contributed by atoms with E-state index in [1.807, 2.05) is 0 Å². The Morgan fingerprint density at radius 3 is 1.12 bits per heavy atom. The summed E-state index contributed by atoms with van der Waals surface area (Å²) >= 11 is 0. The molecule has 0 N–H and O–H groups in total. The van der Waals surface area contributed by atoms with E-state index in [0.717, 1.165) is 0 Å². The first-order valence-corrected chi connectivity index (χ1v) is 5.30. The summed E-state index contributed by atoms with van der Waals surface area (Å²) in [4.78, 5) is 16.2. The van der Waals surface area contributed by atoms with Gasteiger partial charge in [0, 0.05) is 0 Å². The number of aryl methyl sites for hydroxylation is 2. The molecule has 2 aromatic carbocycles. The molecule has 0 fully saturated rings. The summed E-state index contributed by atoms with van der Waals surface area (Å²) in [5, 5.41) is 0. The van der Waals surface area contributed by atoms with Crippen molar-refractivity contribution in [2.24, 2.45) is 0 Å². The van der Waals surface area contributed by atoms with E-state index in [1.165, 1.54) is 22.3 Å². The summed E-state index contributed by atoms with van der Waals surface area (Å²) in [6.45, 7) is 4.22. The zero-order valence-corrected chi connectivity index (χ0v) is 9.94. The Kier molecular flexibility index (Phi) is 4.86. The molecule has 2 nitrogen and oxygen atoms in total. The average Bonchev–Trinajstić information content (AvgIpc) is 2.32. The van der Waals surface area contributed by atoms with E-state index >= 15 is 0 Å². The van der Waals surface area contributed by atoms with Crippen LogP contribution in [0.1, 0.15) is 11.1 Å². The Bertz CT molecular complexity index is 446. The minimum Gasteiger partial charge on any atom is -0.186 e. The Hall–Kier alpha value is -2.18. The molecule has 0 aliphatic rings. The van der Waals surface area contributed by atoms with Crippen molar-refractivity contribution in [1.82, 2.24) is 0 Å². The van der Waals surface area contributed by atoms with Gasteiger partial charge in [-0.2, -0.15) is 9.59 Å². The summed E-state index contributed by atoms with van der Waals surface area (Å²) < 4.78 is 0. The van der Waals surface area contributed by atoms with Crippen LogP contribution in [0.3, 0.4) is 0 Å². The highest BCUT2D eigenvalue weighted by Crippen LogP contribution is 2.19. The van der Waals surface area contributed by atoms with E-state index in [-0.39, 0.29) is 6.15 Å². The number of hydrogen-bond acceptors (Lipinski definition) is 2. The lowest BCUT2D eigenvalue weighted by molar-refractivity contribution is -0.191. The van der Waals surface area contributed by atoms with Gasteiger partial charge in [0.2, 0.25) is 0 Å². The maximum absolute atomic E-state index is 8.12. The number of rotatable bonds is 1. The molecular formula is C15H14O2. The molecule has 17 heavy (non-hydrogen) atoms. The van der Waals surface area contributed by atoms with Crippen LogP contribution in [0.5, 0.6) is 0 Å². The van der Waals surface area contributed by atoms with Crippen LogP contribution in [0.2, 0.25) is 0 Å². The molecule has 86 valence electrons. The van der Waals surface area contributed by atoms with Crippen LogP contribution in [0.15, 0.2) is 48.5 Å². The first kappa shape index (κ1) is 12.9. The first-order valence-electron chi connectivity index (χ1n) is 5.30. The third-order valence-corrected chi connectivity index (χ3v) is 2.44. The van der Waals surface area contributed by atoms with Crippen molar-refractivity contribution in [1.29, 1.82) is 0 Å². The van der Waals surface area contributed by atoms with Gasteiger partial charge in [0.25, 0.3) is 0 Å². The fourth-order valence-corrected chi connectivity index (χ4v) is 1.49. The predicted molar refractivity (Wildman–Crippen MR) is 66.4 cm³/mol. The van der Waals surface area contributed by atoms with E-state index in [2.05, 4.69) is 62.4 Å². The molecule has 0 unspecified atom stereocenters. The number of hydrogen-bond donors (Lipinski definition) is 0. The molecule has 0 amide bonds. The van der Waals surface area contributed by atoms with Gasteiger partial charge in [-0.1, -0.05) is 59.7 Å². The van der Waals surface area contributed by atoms with Crippen LogP contribution < -0.4 is 0 Å². The fourth-order valence-electron chi connectivity index (χ4n) is 1.49. The molecule has 2 aromatic rings. The predicted octanol–water partition coefficient (Wildman–Crippen LogP) is 3.39. The molecule has 0 aliphatic carbocycles. The standard InChI is InChI=1S/C14H14.CO2/c1-11-3-7-13(8-4-11)14-9-5-12(2)6-10-14;2-1-3/h3-10H,1-2H3;. The van der Waals surface area contributed by atoms with Crippen molar-refractivity contribution in [2.75, 3.05) is 0 Å². The number of benzene rings is 2. The molecule has 0 bridgehead atoms. The van der Waals surface area contributed by atoms with Gasteiger partial charge in [-0.25, -0.2) is 0 Å². The lowest BCUT2D eigenvalue weighted by atomic mass is 10.0. The van der Waals surface area contributed by atoms with Crippen molar-refractivity contribution >= 4 is 6.15 Å². The second kappa shape index (κ2) is 6.41. The highest BCUT2D eigenvalue weighted by atomic mass is 16.2. The van der Waals surface area contributed by atoms with Gasteiger partial charge in [0.1, 0.15) is 0 Å².